The van der Waals surface area contributed by atoms with Gasteiger partial charge in [0.15, 0.2) is 0 Å². The van der Waals surface area contributed by atoms with E-state index < -0.39 is 15.4 Å². The summed E-state index contributed by atoms with van der Waals surface area (Å²) in [4.78, 5) is 13.5. The zero-order valence-corrected chi connectivity index (χ0v) is 19.1. The molecule has 0 unspecified atom stereocenters. The lowest BCUT2D eigenvalue weighted by atomic mass is 9.78. The van der Waals surface area contributed by atoms with Crippen molar-refractivity contribution in [3.05, 3.63) is 52.5 Å². The molecule has 0 spiro atoms. The van der Waals surface area contributed by atoms with Crippen molar-refractivity contribution in [2.24, 2.45) is 0 Å². The number of anilines is 1. The maximum atomic E-state index is 13.4. The Hall–Kier alpha value is -1.90. The number of rotatable bonds is 6. The van der Waals surface area contributed by atoms with Crippen LogP contribution in [-0.4, -0.2) is 39.8 Å². The summed E-state index contributed by atoms with van der Waals surface area (Å²) in [6.07, 6.45) is 3.43. The summed E-state index contributed by atoms with van der Waals surface area (Å²) in [7, 11) is 0.803. The second-order valence-electron chi connectivity index (χ2n) is 7.40. The van der Waals surface area contributed by atoms with E-state index in [1.807, 2.05) is 24.3 Å². The van der Waals surface area contributed by atoms with Gasteiger partial charge in [0.25, 0.3) is 0 Å². The van der Waals surface area contributed by atoms with Crippen molar-refractivity contribution in [1.82, 2.24) is 4.31 Å². The maximum Gasteiger partial charge on any atom is 0.242 e. The van der Waals surface area contributed by atoms with E-state index in [2.05, 4.69) is 21.2 Å². The first kappa shape index (κ1) is 21.8. The topological polar surface area (TPSA) is 75.7 Å². The lowest BCUT2D eigenvalue weighted by Gasteiger charge is -2.29. The Kier molecular flexibility index (Phi) is 6.36. The fourth-order valence-electron chi connectivity index (χ4n) is 3.79. The Bertz CT molecular complexity index is 998. The highest BCUT2D eigenvalue weighted by Gasteiger charge is 2.43. The molecule has 0 saturated heterocycles. The van der Waals surface area contributed by atoms with Crippen LogP contribution in [-0.2, 0) is 20.2 Å². The molecule has 0 aromatic heterocycles. The van der Waals surface area contributed by atoms with Gasteiger partial charge in [0.2, 0.25) is 15.9 Å². The first-order valence-corrected chi connectivity index (χ1v) is 11.6. The monoisotopic (exact) mass is 480 g/mol. The minimum atomic E-state index is -3.63. The minimum absolute atomic E-state index is 0.0997. The highest BCUT2D eigenvalue weighted by molar-refractivity contribution is 9.10. The van der Waals surface area contributed by atoms with Crippen LogP contribution in [0, 0.1) is 0 Å². The van der Waals surface area contributed by atoms with Crippen LogP contribution < -0.4 is 10.1 Å². The molecule has 0 bridgehead atoms. The van der Waals surface area contributed by atoms with Gasteiger partial charge in [-0.15, -0.1) is 0 Å². The SMILES string of the molecule is COc1ccc(S(=O)(=O)N(C)C)cc1NC(=O)C1(c2ccc(Br)cc2)CCCC1. The summed E-state index contributed by atoms with van der Waals surface area (Å²) in [5.74, 6) is 0.273. The zero-order valence-electron chi connectivity index (χ0n) is 16.7. The number of sulfonamides is 1. The summed E-state index contributed by atoms with van der Waals surface area (Å²) >= 11 is 3.44. The first-order valence-electron chi connectivity index (χ1n) is 9.39. The lowest BCUT2D eigenvalue weighted by molar-refractivity contribution is -0.121. The Morgan fingerprint density at radius 1 is 1.10 bits per heavy atom. The zero-order chi connectivity index (χ0) is 21.2. The van der Waals surface area contributed by atoms with Crippen LogP contribution in [0.4, 0.5) is 5.69 Å². The fraction of sp³-hybridized carbons (Fsp3) is 0.381. The van der Waals surface area contributed by atoms with Crippen molar-refractivity contribution in [2.75, 3.05) is 26.5 Å². The van der Waals surface area contributed by atoms with Crippen LogP contribution in [0.15, 0.2) is 51.8 Å². The third-order valence-corrected chi connectivity index (χ3v) is 7.83. The quantitative estimate of drug-likeness (QED) is 0.673. The van der Waals surface area contributed by atoms with Gasteiger partial charge in [-0.25, -0.2) is 12.7 Å². The van der Waals surface area contributed by atoms with Crippen molar-refractivity contribution >= 4 is 37.5 Å². The van der Waals surface area contributed by atoms with Gasteiger partial charge in [-0.05, 0) is 48.7 Å². The molecule has 2 aromatic carbocycles. The molecule has 156 valence electrons. The number of amides is 1. The molecule has 2 aromatic rings. The number of ether oxygens (including phenoxy) is 1. The van der Waals surface area contributed by atoms with Crippen LogP contribution in [0.3, 0.4) is 0 Å². The number of carbonyl (C=O) groups excluding carboxylic acids is 1. The number of halogens is 1. The predicted molar refractivity (Wildman–Crippen MR) is 117 cm³/mol. The number of nitrogens with zero attached hydrogens (tertiary/aromatic N) is 1. The predicted octanol–water partition coefficient (Wildman–Crippen LogP) is 4.16. The van der Waals surface area contributed by atoms with Crippen molar-refractivity contribution in [3.63, 3.8) is 0 Å². The van der Waals surface area contributed by atoms with Gasteiger partial charge in [-0.1, -0.05) is 40.9 Å². The number of methoxy groups -OCH3 is 1. The summed E-state index contributed by atoms with van der Waals surface area (Å²) in [5.41, 5.74) is 0.679. The molecule has 3 rings (SSSR count). The molecule has 8 heteroatoms. The number of hydrogen-bond acceptors (Lipinski definition) is 4. The molecule has 0 aliphatic heterocycles. The van der Waals surface area contributed by atoms with Crippen molar-refractivity contribution in [2.45, 2.75) is 36.0 Å². The van der Waals surface area contributed by atoms with E-state index in [4.69, 9.17) is 4.74 Å². The molecule has 1 aliphatic rings. The standard InChI is InChI=1S/C21H25BrN2O4S/c1-24(2)29(26,27)17-10-11-19(28-3)18(14-17)23-20(25)21(12-4-5-13-21)15-6-8-16(22)9-7-15/h6-11,14H,4-5,12-13H2,1-3H3,(H,23,25). The van der Waals surface area contributed by atoms with Gasteiger partial charge in [0, 0.05) is 18.6 Å². The average Bonchev–Trinajstić information content (AvgIpc) is 3.19. The van der Waals surface area contributed by atoms with E-state index in [0.29, 0.717) is 11.4 Å². The van der Waals surface area contributed by atoms with Crippen molar-refractivity contribution < 1.29 is 17.9 Å². The van der Waals surface area contributed by atoms with Crippen LogP contribution in [0.5, 0.6) is 5.75 Å². The number of hydrogen-bond donors (Lipinski definition) is 1. The van der Waals surface area contributed by atoms with Gasteiger partial charge in [0.05, 0.1) is 23.1 Å². The molecule has 1 N–H and O–H groups in total. The highest BCUT2D eigenvalue weighted by atomic mass is 79.9. The molecule has 1 amide bonds. The van der Waals surface area contributed by atoms with Gasteiger partial charge in [-0.2, -0.15) is 0 Å². The number of benzene rings is 2. The molecule has 0 radical (unpaired) electrons. The van der Waals surface area contributed by atoms with Gasteiger partial charge in [-0.3, -0.25) is 4.79 Å². The molecular formula is C21H25BrN2O4S. The van der Waals surface area contributed by atoms with E-state index >= 15 is 0 Å². The first-order chi connectivity index (χ1) is 13.7. The minimum Gasteiger partial charge on any atom is -0.495 e. The Labute approximate surface area is 180 Å². The Morgan fingerprint density at radius 2 is 1.72 bits per heavy atom. The van der Waals surface area contributed by atoms with Crippen LogP contribution in [0.25, 0.3) is 0 Å². The summed E-state index contributed by atoms with van der Waals surface area (Å²) in [6, 6.07) is 12.3. The van der Waals surface area contributed by atoms with E-state index in [1.54, 1.807) is 6.07 Å². The fourth-order valence-corrected chi connectivity index (χ4v) is 4.99. The molecule has 1 fully saturated rings. The van der Waals surface area contributed by atoms with Crippen LogP contribution >= 0.6 is 15.9 Å². The van der Waals surface area contributed by atoms with Gasteiger partial charge in [0.1, 0.15) is 5.75 Å². The van der Waals surface area contributed by atoms with Crippen LogP contribution in [0.1, 0.15) is 31.2 Å². The molecule has 1 saturated carbocycles. The number of nitrogens with one attached hydrogen (secondary N) is 1. The number of carbonyl (C=O) groups is 1. The summed E-state index contributed by atoms with van der Waals surface area (Å²) < 4.78 is 32.5. The smallest absolute Gasteiger partial charge is 0.242 e. The van der Waals surface area contributed by atoms with Gasteiger partial charge < -0.3 is 10.1 Å². The van der Waals surface area contributed by atoms with E-state index in [0.717, 1.165) is 40.0 Å². The van der Waals surface area contributed by atoms with Crippen molar-refractivity contribution in [3.8, 4) is 5.75 Å². The average molecular weight is 481 g/mol. The van der Waals surface area contributed by atoms with E-state index in [9.17, 15) is 13.2 Å². The third-order valence-electron chi connectivity index (χ3n) is 5.49. The normalized spacial score (nSPS) is 16.0. The molecular weight excluding hydrogens is 456 g/mol. The molecule has 0 atom stereocenters. The van der Waals surface area contributed by atoms with Crippen LogP contribution in [0.2, 0.25) is 0 Å². The van der Waals surface area contributed by atoms with E-state index in [1.165, 1.54) is 33.3 Å². The third kappa shape index (κ3) is 4.20. The molecule has 6 nitrogen and oxygen atoms in total. The maximum absolute atomic E-state index is 13.4. The second-order valence-corrected chi connectivity index (χ2v) is 10.5. The molecule has 1 aliphatic carbocycles. The summed E-state index contributed by atoms with van der Waals surface area (Å²) in [5, 5.41) is 2.95. The summed E-state index contributed by atoms with van der Waals surface area (Å²) in [6.45, 7) is 0. The highest BCUT2D eigenvalue weighted by Crippen LogP contribution is 2.43. The second kappa shape index (κ2) is 8.45. The molecule has 0 heterocycles. The van der Waals surface area contributed by atoms with Crippen molar-refractivity contribution in [1.29, 1.82) is 0 Å². The largest absolute Gasteiger partial charge is 0.495 e. The lowest BCUT2D eigenvalue weighted by Crippen LogP contribution is -2.38. The molecule has 29 heavy (non-hydrogen) atoms. The Balaban J connectivity index is 1.99. The Morgan fingerprint density at radius 3 is 2.28 bits per heavy atom. The van der Waals surface area contributed by atoms with Gasteiger partial charge >= 0.3 is 0 Å². The van der Waals surface area contributed by atoms with E-state index in [-0.39, 0.29) is 10.8 Å².